The first-order chi connectivity index (χ1) is 14.0. The maximum Gasteiger partial charge on any atom is 0.0413 e. The van der Waals surface area contributed by atoms with Crippen molar-refractivity contribution in [2.45, 2.75) is 125 Å². The number of nitrogens with zero attached hydrogens (tertiary/aromatic N) is 1. The van der Waals surface area contributed by atoms with Crippen molar-refractivity contribution in [1.82, 2.24) is 5.32 Å². The van der Waals surface area contributed by atoms with Crippen LogP contribution in [-0.2, 0) is 12.0 Å². The van der Waals surface area contributed by atoms with Crippen molar-refractivity contribution < 1.29 is 0 Å². The van der Waals surface area contributed by atoms with E-state index >= 15 is 0 Å². The van der Waals surface area contributed by atoms with Crippen LogP contribution in [0.4, 0.5) is 5.69 Å². The third-order valence-corrected chi connectivity index (χ3v) is 8.53. The van der Waals surface area contributed by atoms with Gasteiger partial charge < -0.3 is 10.2 Å². The average molecular weight is 427 g/mol. The minimum absolute atomic E-state index is 0.0927. The van der Waals surface area contributed by atoms with Crippen molar-refractivity contribution >= 4 is 5.69 Å². The molecule has 0 saturated heterocycles. The Hall–Kier alpha value is -1.02. The first-order valence-corrected chi connectivity index (χ1v) is 12.6. The highest BCUT2D eigenvalue weighted by atomic mass is 15.2. The van der Waals surface area contributed by atoms with Crippen molar-refractivity contribution in [3.63, 3.8) is 0 Å². The quantitative estimate of drug-likeness (QED) is 0.533. The van der Waals surface area contributed by atoms with Crippen molar-refractivity contribution in [1.29, 1.82) is 0 Å². The summed E-state index contributed by atoms with van der Waals surface area (Å²) in [5, 5.41) is 3.98. The van der Waals surface area contributed by atoms with E-state index in [0.29, 0.717) is 11.5 Å². The Morgan fingerprint density at radius 1 is 0.903 bits per heavy atom. The normalized spacial score (nSPS) is 22.0. The molecule has 1 aromatic carbocycles. The smallest absolute Gasteiger partial charge is 0.0413 e. The van der Waals surface area contributed by atoms with E-state index in [2.05, 4.69) is 105 Å². The lowest BCUT2D eigenvalue weighted by molar-refractivity contribution is 0.0626. The van der Waals surface area contributed by atoms with E-state index in [-0.39, 0.29) is 21.8 Å². The molecule has 1 heterocycles. The molecule has 1 aliphatic heterocycles. The predicted molar refractivity (Wildman–Crippen MR) is 137 cm³/mol. The Morgan fingerprint density at radius 2 is 1.45 bits per heavy atom. The zero-order valence-corrected chi connectivity index (χ0v) is 22.5. The van der Waals surface area contributed by atoms with Crippen molar-refractivity contribution in [2.24, 2.45) is 16.2 Å². The summed E-state index contributed by atoms with van der Waals surface area (Å²) in [6, 6.07) is 7.73. The molecule has 2 heteroatoms. The highest BCUT2D eigenvalue weighted by molar-refractivity contribution is 5.68. The third-order valence-electron chi connectivity index (χ3n) is 8.53. The van der Waals surface area contributed by atoms with Crippen LogP contribution in [-0.4, -0.2) is 18.1 Å². The van der Waals surface area contributed by atoms with Crippen LogP contribution < -0.4 is 10.2 Å². The summed E-state index contributed by atoms with van der Waals surface area (Å²) in [5.41, 5.74) is 5.61. The Kier molecular flexibility index (Phi) is 6.18. The molecule has 31 heavy (non-hydrogen) atoms. The SMILES string of the molecule is CC1(C)CCC(NCc2cccc3c2C(C(C)(C)C)(C(C)(C)C)CN3C(C)(C)C)CC1. The fourth-order valence-electron chi connectivity index (χ4n) is 6.66. The Bertz CT molecular complexity index is 758. The van der Waals surface area contributed by atoms with Crippen LogP contribution in [0.15, 0.2) is 18.2 Å². The van der Waals surface area contributed by atoms with E-state index in [9.17, 15) is 0 Å². The molecule has 1 aromatic rings. The van der Waals surface area contributed by atoms with Gasteiger partial charge >= 0.3 is 0 Å². The van der Waals surface area contributed by atoms with Gasteiger partial charge in [-0.3, -0.25) is 0 Å². The minimum Gasteiger partial charge on any atom is -0.366 e. The third kappa shape index (κ3) is 4.43. The van der Waals surface area contributed by atoms with Crippen LogP contribution >= 0.6 is 0 Å². The first-order valence-electron chi connectivity index (χ1n) is 12.6. The van der Waals surface area contributed by atoms with Gasteiger partial charge in [0, 0.05) is 35.8 Å². The summed E-state index contributed by atoms with van der Waals surface area (Å²) in [4.78, 5) is 2.69. The van der Waals surface area contributed by atoms with Crippen molar-refractivity contribution in [2.75, 3.05) is 11.4 Å². The molecule has 176 valence electrons. The second kappa shape index (κ2) is 7.79. The topological polar surface area (TPSA) is 15.3 Å². The summed E-state index contributed by atoms with van der Waals surface area (Å²) in [6.07, 6.45) is 5.28. The number of anilines is 1. The van der Waals surface area contributed by atoms with Crippen molar-refractivity contribution in [3.05, 3.63) is 29.3 Å². The van der Waals surface area contributed by atoms with E-state index in [1.54, 1.807) is 5.56 Å². The molecule has 1 N–H and O–H groups in total. The lowest BCUT2D eigenvalue weighted by Crippen LogP contribution is -2.55. The number of hydrogen-bond acceptors (Lipinski definition) is 2. The zero-order chi connectivity index (χ0) is 23.5. The molecule has 0 bridgehead atoms. The molecule has 0 radical (unpaired) electrons. The molecule has 0 atom stereocenters. The van der Waals surface area contributed by atoms with Crippen LogP contribution in [0, 0.1) is 16.2 Å². The second-order valence-electron chi connectivity index (χ2n) is 14.3. The maximum absolute atomic E-state index is 3.98. The number of benzene rings is 1. The molecule has 0 aromatic heterocycles. The van der Waals surface area contributed by atoms with Gasteiger partial charge in [-0.15, -0.1) is 0 Å². The summed E-state index contributed by atoms with van der Waals surface area (Å²) in [6.45, 7) is 28.8. The van der Waals surface area contributed by atoms with E-state index in [4.69, 9.17) is 0 Å². The molecule has 0 spiro atoms. The molecule has 1 fully saturated rings. The molecule has 2 nitrogen and oxygen atoms in total. The van der Waals surface area contributed by atoms with E-state index in [0.717, 1.165) is 13.1 Å². The Labute approximate surface area is 193 Å². The minimum atomic E-state index is 0.0927. The molecule has 2 aliphatic rings. The summed E-state index contributed by atoms with van der Waals surface area (Å²) < 4.78 is 0. The summed E-state index contributed by atoms with van der Waals surface area (Å²) in [7, 11) is 0. The summed E-state index contributed by atoms with van der Waals surface area (Å²) in [5.74, 6) is 0. The number of hydrogen-bond donors (Lipinski definition) is 1. The molecule has 1 saturated carbocycles. The van der Waals surface area contributed by atoms with E-state index in [1.165, 1.54) is 36.9 Å². The van der Waals surface area contributed by atoms with Crippen LogP contribution in [0.3, 0.4) is 0 Å². The second-order valence-corrected chi connectivity index (χ2v) is 14.3. The molecule has 0 unspecified atom stereocenters. The highest BCUT2D eigenvalue weighted by Crippen LogP contribution is 2.61. The lowest BCUT2D eigenvalue weighted by atomic mass is 9.51. The van der Waals surface area contributed by atoms with Gasteiger partial charge in [0.15, 0.2) is 0 Å². The van der Waals surface area contributed by atoms with Crippen LogP contribution in [0.5, 0.6) is 0 Å². The number of nitrogens with one attached hydrogen (secondary N) is 1. The van der Waals surface area contributed by atoms with Gasteiger partial charge in [0.05, 0.1) is 0 Å². The van der Waals surface area contributed by atoms with Gasteiger partial charge in [0.2, 0.25) is 0 Å². The zero-order valence-electron chi connectivity index (χ0n) is 22.5. The number of rotatable bonds is 3. The van der Waals surface area contributed by atoms with Gasteiger partial charge in [-0.2, -0.15) is 0 Å². The molecule has 3 rings (SSSR count). The number of fused-ring (bicyclic) bond motifs is 1. The van der Waals surface area contributed by atoms with Crippen LogP contribution in [0.2, 0.25) is 0 Å². The van der Waals surface area contributed by atoms with E-state index in [1.807, 2.05) is 0 Å². The van der Waals surface area contributed by atoms with Crippen LogP contribution in [0.1, 0.15) is 113 Å². The Morgan fingerprint density at radius 3 is 1.94 bits per heavy atom. The van der Waals surface area contributed by atoms with Crippen molar-refractivity contribution in [3.8, 4) is 0 Å². The fraction of sp³-hybridized carbons (Fsp3) is 0.793. The van der Waals surface area contributed by atoms with E-state index < -0.39 is 0 Å². The molecular weight excluding hydrogens is 376 g/mol. The van der Waals surface area contributed by atoms with Gasteiger partial charge in [-0.25, -0.2) is 0 Å². The summed E-state index contributed by atoms with van der Waals surface area (Å²) >= 11 is 0. The molecular formula is C29H50N2. The van der Waals surface area contributed by atoms with Gasteiger partial charge in [0.1, 0.15) is 0 Å². The van der Waals surface area contributed by atoms with Gasteiger partial charge in [-0.1, -0.05) is 67.5 Å². The monoisotopic (exact) mass is 426 g/mol. The Balaban J connectivity index is 2.04. The van der Waals surface area contributed by atoms with Gasteiger partial charge in [0.25, 0.3) is 0 Å². The van der Waals surface area contributed by atoms with Crippen LogP contribution in [0.25, 0.3) is 0 Å². The molecule has 1 aliphatic carbocycles. The standard InChI is InChI=1S/C29H50N2/c1-25(2,3)29(26(4,5)6)20-31(27(7,8)9)23-14-12-13-21(24(23)29)19-30-22-15-17-28(10,11)18-16-22/h12-14,22,30H,15-20H2,1-11H3. The lowest BCUT2D eigenvalue weighted by Gasteiger charge is -2.53. The first kappa shape index (κ1) is 24.6. The fourth-order valence-corrected chi connectivity index (χ4v) is 6.66. The van der Waals surface area contributed by atoms with Gasteiger partial charge in [-0.05, 0) is 79.9 Å². The highest BCUT2D eigenvalue weighted by Gasteiger charge is 2.59. The molecule has 0 amide bonds. The maximum atomic E-state index is 3.98. The largest absolute Gasteiger partial charge is 0.366 e. The average Bonchev–Trinajstić information content (AvgIpc) is 2.98. The predicted octanol–water partition coefficient (Wildman–Crippen LogP) is 7.69.